The molecule has 0 aromatic heterocycles. The first kappa shape index (κ1) is 20.1. The quantitative estimate of drug-likeness (QED) is 0.797. The minimum atomic E-state index is -3.52. The van der Waals surface area contributed by atoms with Gasteiger partial charge < -0.3 is 5.32 Å². The van der Waals surface area contributed by atoms with E-state index >= 15 is 0 Å². The standard InChI is InChI=1S/C20H26N2O3S/c1-5-6-11-22(4)26(24,25)19-9-7-17(8-10-19)20(23)21-18-13-15(2)12-16(3)14-18/h7-10,12-14H,5-6,11H2,1-4H3,(H,21,23). The highest BCUT2D eigenvalue weighted by molar-refractivity contribution is 7.89. The van der Waals surface area contributed by atoms with Crippen LogP contribution in [0.25, 0.3) is 0 Å². The van der Waals surface area contributed by atoms with E-state index in [9.17, 15) is 13.2 Å². The van der Waals surface area contributed by atoms with Gasteiger partial charge in [-0.05, 0) is 67.8 Å². The number of hydrogen-bond donors (Lipinski definition) is 1. The summed E-state index contributed by atoms with van der Waals surface area (Å²) in [5.74, 6) is -0.265. The second kappa shape index (κ2) is 8.47. The van der Waals surface area contributed by atoms with Crippen molar-refractivity contribution < 1.29 is 13.2 Å². The molecule has 2 aromatic rings. The topological polar surface area (TPSA) is 66.5 Å². The van der Waals surface area contributed by atoms with Gasteiger partial charge in [-0.3, -0.25) is 4.79 Å². The maximum atomic E-state index is 12.5. The minimum absolute atomic E-state index is 0.194. The molecule has 2 aromatic carbocycles. The fourth-order valence-corrected chi connectivity index (χ4v) is 3.92. The van der Waals surface area contributed by atoms with Gasteiger partial charge in [-0.2, -0.15) is 0 Å². The first-order chi connectivity index (χ1) is 12.2. The molecule has 0 bridgehead atoms. The number of hydrogen-bond acceptors (Lipinski definition) is 3. The molecule has 1 amide bonds. The van der Waals surface area contributed by atoms with Gasteiger partial charge in [0.05, 0.1) is 4.90 Å². The Bertz CT molecular complexity index is 854. The molecule has 0 saturated carbocycles. The zero-order chi connectivity index (χ0) is 19.3. The van der Waals surface area contributed by atoms with E-state index in [-0.39, 0.29) is 10.8 Å². The van der Waals surface area contributed by atoms with Gasteiger partial charge in [-0.1, -0.05) is 19.4 Å². The van der Waals surface area contributed by atoms with Gasteiger partial charge in [0.2, 0.25) is 10.0 Å². The number of rotatable bonds is 7. The van der Waals surface area contributed by atoms with Crippen molar-refractivity contribution in [3.8, 4) is 0 Å². The van der Waals surface area contributed by atoms with Crippen LogP contribution in [0, 0.1) is 13.8 Å². The number of nitrogens with zero attached hydrogens (tertiary/aromatic N) is 1. The van der Waals surface area contributed by atoms with Crippen LogP contribution in [-0.2, 0) is 10.0 Å². The molecule has 0 radical (unpaired) electrons. The van der Waals surface area contributed by atoms with Gasteiger partial charge in [0.25, 0.3) is 5.91 Å². The Morgan fingerprint density at radius 1 is 1.04 bits per heavy atom. The summed E-state index contributed by atoms with van der Waals surface area (Å²) in [5.41, 5.74) is 3.27. The average molecular weight is 375 g/mol. The van der Waals surface area contributed by atoms with Gasteiger partial charge >= 0.3 is 0 Å². The number of benzene rings is 2. The van der Waals surface area contributed by atoms with Crippen LogP contribution >= 0.6 is 0 Å². The molecule has 0 aliphatic carbocycles. The molecule has 0 aliphatic heterocycles. The Labute approximate surface area is 156 Å². The zero-order valence-electron chi connectivity index (χ0n) is 15.7. The van der Waals surface area contributed by atoms with Crippen molar-refractivity contribution in [2.75, 3.05) is 18.9 Å². The molecule has 0 atom stereocenters. The SMILES string of the molecule is CCCCN(C)S(=O)(=O)c1ccc(C(=O)Nc2cc(C)cc(C)c2)cc1. The summed E-state index contributed by atoms with van der Waals surface area (Å²) < 4.78 is 26.4. The summed E-state index contributed by atoms with van der Waals surface area (Å²) in [6.45, 7) is 6.44. The van der Waals surface area contributed by atoms with Gasteiger partial charge in [-0.15, -0.1) is 0 Å². The molecule has 0 saturated heterocycles. The summed E-state index contributed by atoms with van der Waals surface area (Å²) in [6.07, 6.45) is 1.74. The smallest absolute Gasteiger partial charge is 0.255 e. The predicted octanol–water partition coefficient (Wildman–Crippen LogP) is 3.98. The molecule has 6 heteroatoms. The number of aryl methyl sites for hydroxylation is 2. The molecular weight excluding hydrogens is 348 g/mol. The van der Waals surface area contributed by atoms with E-state index in [2.05, 4.69) is 5.32 Å². The third-order valence-electron chi connectivity index (χ3n) is 4.13. The van der Waals surface area contributed by atoms with Crippen LogP contribution in [0.4, 0.5) is 5.69 Å². The van der Waals surface area contributed by atoms with Crippen LogP contribution < -0.4 is 5.32 Å². The van der Waals surface area contributed by atoms with Crippen LogP contribution in [0.2, 0.25) is 0 Å². The molecule has 5 nitrogen and oxygen atoms in total. The van der Waals surface area contributed by atoms with Crippen LogP contribution in [0.15, 0.2) is 47.4 Å². The largest absolute Gasteiger partial charge is 0.322 e. The molecule has 1 N–H and O–H groups in total. The van der Waals surface area contributed by atoms with Gasteiger partial charge in [0.1, 0.15) is 0 Å². The number of carbonyl (C=O) groups is 1. The van der Waals surface area contributed by atoms with E-state index < -0.39 is 10.0 Å². The highest BCUT2D eigenvalue weighted by Gasteiger charge is 2.20. The lowest BCUT2D eigenvalue weighted by Gasteiger charge is -2.17. The zero-order valence-corrected chi connectivity index (χ0v) is 16.6. The lowest BCUT2D eigenvalue weighted by Crippen LogP contribution is -2.28. The number of amides is 1. The third kappa shape index (κ3) is 4.93. The number of nitrogens with one attached hydrogen (secondary N) is 1. The van der Waals surface area contributed by atoms with Crippen molar-refractivity contribution in [2.24, 2.45) is 0 Å². The van der Waals surface area contributed by atoms with Crippen molar-refractivity contribution in [1.29, 1.82) is 0 Å². The van der Waals surface area contributed by atoms with Crippen molar-refractivity contribution >= 4 is 21.6 Å². The van der Waals surface area contributed by atoms with E-state index in [1.54, 1.807) is 19.2 Å². The molecule has 26 heavy (non-hydrogen) atoms. The van der Waals surface area contributed by atoms with Crippen molar-refractivity contribution in [1.82, 2.24) is 4.31 Å². The lowest BCUT2D eigenvalue weighted by atomic mass is 10.1. The Morgan fingerprint density at radius 2 is 1.62 bits per heavy atom. The van der Waals surface area contributed by atoms with E-state index in [0.717, 1.165) is 29.7 Å². The fourth-order valence-electron chi connectivity index (χ4n) is 2.71. The summed E-state index contributed by atoms with van der Waals surface area (Å²) in [5, 5.41) is 2.85. The molecule has 140 valence electrons. The normalized spacial score (nSPS) is 11.6. The Hall–Kier alpha value is -2.18. The second-order valence-electron chi connectivity index (χ2n) is 6.54. The Kier molecular flexibility index (Phi) is 6.56. The lowest BCUT2D eigenvalue weighted by molar-refractivity contribution is 0.102. The van der Waals surface area contributed by atoms with Gasteiger partial charge in [-0.25, -0.2) is 12.7 Å². The maximum Gasteiger partial charge on any atom is 0.255 e. The third-order valence-corrected chi connectivity index (χ3v) is 6.00. The minimum Gasteiger partial charge on any atom is -0.322 e. The highest BCUT2D eigenvalue weighted by atomic mass is 32.2. The fraction of sp³-hybridized carbons (Fsp3) is 0.350. The highest BCUT2D eigenvalue weighted by Crippen LogP contribution is 2.18. The number of anilines is 1. The summed E-state index contributed by atoms with van der Waals surface area (Å²) in [6, 6.07) is 11.9. The van der Waals surface area contributed by atoms with Crippen LogP contribution in [-0.4, -0.2) is 32.2 Å². The van der Waals surface area contributed by atoms with Crippen molar-refractivity contribution in [3.63, 3.8) is 0 Å². The van der Waals surface area contributed by atoms with Crippen LogP contribution in [0.5, 0.6) is 0 Å². The Balaban J connectivity index is 2.14. The van der Waals surface area contributed by atoms with Gasteiger partial charge in [0, 0.05) is 24.8 Å². The van der Waals surface area contributed by atoms with Crippen LogP contribution in [0.3, 0.4) is 0 Å². The van der Waals surface area contributed by atoms with Crippen LogP contribution in [0.1, 0.15) is 41.3 Å². The van der Waals surface area contributed by atoms with Crippen molar-refractivity contribution in [2.45, 2.75) is 38.5 Å². The average Bonchev–Trinajstić information content (AvgIpc) is 2.58. The molecule has 0 spiro atoms. The predicted molar refractivity (Wildman–Crippen MR) is 105 cm³/mol. The molecule has 0 heterocycles. The molecule has 0 fully saturated rings. The first-order valence-corrected chi connectivity index (χ1v) is 10.1. The van der Waals surface area contributed by atoms with E-state index in [4.69, 9.17) is 0 Å². The Morgan fingerprint density at radius 3 is 2.15 bits per heavy atom. The first-order valence-electron chi connectivity index (χ1n) is 8.70. The van der Waals surface area contributed by atoms with Crippen molar-refractivity contribution in [3.05, 3.63) is 59.2 Å². The number of unbranched alkanes of at least 4 members (excludes halogenated alkanes) is 1. The molecule has 0 aliphatic rings. The van der Waals surface area contributed by atoms with E-state index in [1.165, 1.54) is 16.4 Å². The summed E-state index contributed by atoms with van der Waals surface area (Å²) in [7, 11) is -1.95. The van der Waals surface area contributed by atoms with Gasteiger partial charge in [0.15, 0.2) is 0 Å². The van der Waals surface area contributed by atoms with E-state index in [1.807, 2.05) is 39.0 Å². The molecule has 2 rings (SSSR count). The maximum absolute atomic E-state index is 12.5. The second-order valence-corrected chi connectivity index (χ2v) is 8.58. The molecular formula is C20H26N2O3S. The molecule has 0 unspecified atom stereocenters. The van der Waals surface area contributed by atoms with E-state index in [0.29, 0.717) is 12.1 Å². The number of carbonyl (C=O) groups excluding carboxylic acids is 1. The summed E-state index contributed by atoms with van der Waals surface area (Å²) >= 11 is 0. The monoisotopic (exact) mass is 374 g/mol. The number of sulfonamides is 1. The summed E-state index contributed by atoms with van der Waals surface area (Å²) in [4.78, 5) is 12.6.